The molecular weight excluding hydrogens is 444 g/mol. The van der Waals surface area contributed by atoms with Crippen LogP contribution in [0.5, 0.6) is 0 Å². The van der Waals surface area contributed by atoms with Gasteiger partial charge in [0.25, 0.3) is 11.2 Å². The average molecular weight is 475 g/mol. The number of aromatic nitrogens is 4. The molecule has 2 aromatic carbocycles. The third-order valence-corrected chi connectivity index (χ3v) is 5.78. The summed E-state index contributed by atoms with van der Waals surface area (Å²) in [6.07, 6.45) is 0. The van der Waals surface area contributed by atoms with E-state index in [-0.39, 0.29) is 22.2 Å². The first-order valence-corrected chi connectivity index (χ1v) is 11.4. The number of anilines is 2. The average Bonchev–Trinajstić information content (AvgIpc) is 3.15. The van der Waals surface area contributed by atoms with Gasteiger partial charge in [-0.3, -0.25) is 14.9 Å². The highest BCUT2D eigenvalue weighted by Gasteiger charge is 2.22. The van der Waals surface area contributed by atoms with Crippen molar-refractivity contribution in [2.24, 2.45) is 0 Å². The number of benzene rings is 2. The first kappa shape index (κ1) is 24.1. The van der Waals surface area contributed by atoms with E-state index in [0.29, 0.717) is 28.1 Å². The monoisotopic (exact) mass is 474 g/mol. The quantitative estimate of drug-likeness (QED) is 0.305. The highest BCUT2D eigenvalue weighted by Crippen LogP contribution is 2.30. The zero-order chi connectivity index (χ0) is 25.7. The fourth-order valence-electron chi connectivity index (χ4n) is 3.93. The molecule has 9 heteroatoms. The second kappa shape index (κ2) is 8.33. The van der Waals surface area contributed by atoms with Crippen molar-refractivity contribution in [2.45, 2.75) is 59.4 Å². The van der Waals surface area contributed by atoms with Crippen LogP contribution in [0, 0.1) is 17.0 Å². The van der Waals surface area contributed by atoms with Gasteiger partial charge in [-0.1, -0.05) is 32.9 Å². The molecule has 0 bridgehead atoms. The minimum atomic E-state index is -0.483. The molecule has 0 unspecified atom stereocenters. The van der Waals surface area contributed by atoms with Gasteiger partial charge in [-0.25, -0.2) is 4.68 Å². The molecule has 0 amide bonds. The third kappa shape index (κ3) is 4.66. The fraction of sp³-hybridized carbons (Fsp3) is 0.346. The fourth-order valence-corrected chi connectivity index (χ4v) is 3.93. The van der Waals surface area contributed by atoms with E-state index in [1.807, 2.05) is 62.7 Å². The summed E-state index contributed by atoms with van der Waals surface area (Å²) in [4.78, 5) is 24.4. The van der Waals surface area contributed by atoms with Crippen LogP contribution in [0.3, 0.4) is 0 Å². The first-order valence-electron chi connectivity index (χ1n) is 11.4. The van der Waals surface area contributed by atoms with Crippen LogP contribution >= 0.6 is 0 Å². The minimum Gasteiger partial charge on any atom is -0.323 e. The largest absolute Gasteiger partial charge is 0.323 e. The lowest BCUT2D eigenvalue weighted by molar-refractivity contribution is -0.384. The Morgan fingerprint density at radius 1 is 0.914 bits per heavy atom. The molecule has 2 heterocycles. The molecule has 0 aliphatic carbocycles. The molecule has 182 valence electrons. The number of nitro benzene ring substituents is 1. The van der Waals surface area contributed by atoms with Crippen molar-refractivity contribution in [3.8, 4) is 5.69 Å². The van der Waals surface area contributed by atoms with E-state index in [2.05, 4.69) is 36.3 Å². The summed E-state index contributed by atoms with van der Waals surface area (Å²) in [6.45, 7) is 14.3. The maximum absolute atomic E-state index is 13.4. The van der Waals surface area contributed by atoms with E-state index in [9.17, 15) is 14.9 Å². The molecule has 0 aliphatic rings. The van der Waals surface area contributed by atoms with Gasteiger partial charge in [0.15, 0.2) is 5.82 Å². The molecule has 2 aromatic heterocycles. The molecule has 35 heavy (non-hydrogen) atoms. The van der Waals surface area contributed by atoms with Gasteiger partial charge >= 0.3 is 0 Å². The molecule has 0 saturated carbocycles. The number of nitrogens with one attached hydrogen (secondary N) is 1. The van der Waals surface area contributed by atoms with Crippen LogP contribution in [0.15, 0.2) is 53.3 Å². The summed E-state index contributed by atoms with van der Waals surface area (Å²) in [7, 11) is 0. The van der Waals surface area contributed by atoms with Crippen molar-refractivity contribution in [3.63, 3.8) is 0 Å². The summed E-state index contributed by atoms with van der Waals surface area (Å²) >= 11 is 0. The standard InChI is InChI=1S/C26H30N6O3/c1-16-14-22(31(28-16)26(5,6)7)27-23-21-15-19(32(34)35)12-13-20(21)24(33)30(29-23)18-10-8-17(9-11-18)25(2,3)4/h8-15H,1-7H3,(H,27,29). The molecule has 0 aliphatic heterocycles. The number of fused-ring (bicyclic) bond motifs is 1. The van der Waals surface area contributed by atoms with Crippen molar-refractivity contribution < 1.29 is 4.92 Å². The molecule has 0 saturated heterocycles. The second-order valence-electron chi connectivity index (χ2n) is 10.7. The smallest absolute Gasteiger partial charge is 0.279 e. The first-order chi connectivity index (χ1) is 16.3. The number of rotatable bonds is 4. The lowest BCUT2D eigenvalue weighted by Gasteiger charge is -2.23. The summed E-state index contributed by atoms with van der Waals surface area (Å²) < 4.78 is 3.16. The van der Waals surface area contributed by atoms with E-state index in [1.165, 1.54) is 22.9 Å². The van der Waals surface area contributed by atoms with Crippen LogP contribution in [0.25, 0.3) is 16.5 Å². The number of hydrogen-bond acceptors (Lipinski definition) is 6. The van der Waals surface area contributed by atoms with Crippen molar-refractivity contribution >= 4 is 28.1 Å². The van der Waals surface area contributed by atoms with Gasteiger partial charge in [0.05, 0.1) is 27.2 Å². The topological polar surface area (TPSA) is 108 Å². The Morgan fingerprint density at radius 3 is 2.14 bits per heavy atom. The second-order valence-corrected chi connectivity index (χ2v) is 10.7. The van der Waals surface area contributed by atoms with Crippen molar-refractivity contribution in [3.05, 3.63) is 80.3 Å². The van der Waals surface area contributed by atoms with Crippen LogP contribution in [-0.2, 0) is 11.0 Å². The SMILES string of the molecule is Cc1cc(Nc2nn(-c3ccc(C(C)(C)C)cc3)c(=O)c3ccc([N+](=O)[O-])cc23)n(C(C)(C)C)n1. The Bertz CT molecular complexity index is 1490. The van der Waals surface area contributed by atoms with Gasteiger partial charge < -0.3 is 5.32 Å². The zero-order valence-corrected chi connectivity index (χ0v) is 21.1. The van der Waals surface area contributed by atoms with Crippen molar-refractivity contribution in [1.29, 1.82) is 0 Å². The molecule has 0 fully saturated rings. The molecule has 4 aromatic rings. The summed E-state index contributed by atoms with van der Waals surface area (Å²) in [5.74, 6) is 0.997. The predicted molar refractivity (Wildman–Crippen MR) is 138 cm³/mol. The molecular formula is C26H30N6O3. The van der Waals surface area contributed by atoms with E-state index >= 15 is 0 Å². The molecule has 0 atom stereocenters. The van der Waals surface area contributed by atoms with E-state index in [1.54, 1.807) is 0 Å². The van der Waals surface area contributed by atoms with Crippen LogP contribution in [0.4, 0.5) is 17.3 Å². The Balaban J connectivity index is 1.95. The normalized spacial score (nSPS) is 12.2. The van der Waals surface area contributed by atoms with Gasteiger partial charge in [0, 0.05) is 23.6 Å². The maximum atomic E-state index is 13.4. The van der Waals surface area contributed by atoms with Gasteiger partial charge in [-0.2, -0.15) is 9.78 Å². The minimum absolute atomic E-state index is 0.0326. The highest BCUT2D eigenvalue weighted by atomic mass is 16.6. The summed E-state index contributed by atoms with van der Waals surface area (Å²) in [5.41, 5.74) is 1.72. The number of aryl methyl sites for hydroxylation is 1. The number of nitro groups is 1. The van der Waals surface area contributed by atoms with Gasteiger partial charge in [-0.15, -0.1) is 5.10 Å². The van der Waals surface area contributed by atoms with Crippen LogP contribution in [0.2, 0.25) is 0 Å². The molecule has 9 nitrogen and oxygen atoms in total. The predicted octanol–water partition coefficient (Wildman–Crippen LogP) is 5.59. The Labute approximate surface area is 203 Å². The number of hydrogen-bond donors (Lipinski definition) is 1. The van der Waals surface area contributed by atoms with E-state index in [0.717, 1.165) is 11.3 Å². The van der Waals surface area contributed by atoms with Gasteiger partial charge in [0.2, 0.25) is 0 Å². The van der Waals surface area contributed by atoms with Gasteiger partial charge in [-0.05, 0) is 56.9 Å². The van der Waals surface area contributed by atoms with Gasteiger partial charge in [0.1, 0.15) is 5.82 Å². The number of non-ortho nitro benzene ring substituents is 1. The molecule has 1 N–H and O–H groups in total. The van der Waals surface area contributed by atoms with Crippen LogP contribution in [-0.4, -0.2) is 24.5 Å². The third-order valence-electron chi connectivity index (χ3n) is 5.78. The molecule has 0 spiro atoms. The van der Waals surface area contributed by atoms with Crippen molar-refractivity contribution in [1.82, 2.24) is 19.6 Å². The lowest BCUT2D eigenvalue weighted by Crippen LogP contribution is -2.26. The van der Waals surface area contributed by atoms with E-state index in [4.69, 9.17) is 0 Å². The Morgan fingerprint density at radius 2 is 1.57 bits per heavy atom. The Hall–Kier alpha value is -4.01. The maximum Gasteiger partial charge on any atom is 0.279 e. The summed E-state index contributed by atoms with van der Waals surface area (Å²) in [6, 6.07) is 13.8. The highest BCUT2D eigenvalue weighted by molar-refractivity contribution is 5.94. The van der Waals surface area contributed by atoms with Crippen molar-refractivity contribution in [2.75, 3.05) is 5.32 Å². The van der Waals surface area contributed by atoms with Crippen LogP contribution < -0.4 is 10.9 Å². The zero-order valence-electron chi connectivity index (χ0n) is 21.1. The molecule has 0 radical (unpaired) electrons. The lowest BCUT2D eigenvalue weighted by atomic mass is 9.87. The van der Waals surface area contributed by atoms with Crippen LogP contribution in [0.1, 0.15) is 52.8 Å². The Kier molecular flexibility index (Phi) is 5.75. The summed E-state index contributed by atoms with van der Waals surface area (Å²) in [5, 5.41) is 24.6. The number of nitrogens with zero attached hydrogens (tertiary/aromatic N) is 5. The molecule has 4 rings (SSSR count). The van der Waals surface area contributed by atoms with E-state index < -0.39 is 4.92 Å².